The fourth-order valence-corrected chi connectivity index (χ4v) is 4.50. The van der Waals surface area contributed by atoms with Crippen molar-refractivity contribution in [3.05, 3.63) is 66.7 Å². The van der Waals surface area contributed by atoms with Gasteiger partial charge in [-0.1, -0.05) is 24.3 Å². The third kappa shape index (κ3) is 4.67. The zero-order chi connectivity index (χ0) is 21.8. The largest absolute Gasteiger partial charge is 0.497 e. The molecule has 1 unspecified atom stereocenters. The first-order valence-corrected chi connectivity index (χ1v) is 10.6. The molecule has 2 amide bonds. The fourth-order valence-electron chi connectivity index (χ4n) is 3.39. The topological polar surface area (TPSA) is 76.7 Å². The number of carbonyl (C=O) groups is 2. The van der Waals surface area contributed by atoms with Crippen LogP contribution in [0.4, 0.5) is 11.4 Å². The molecule has 0 saturated heterocycles. The number of fused-ring (bicyclic) bond motifs is 1. The first kappa shape index (κ1) is 20.8. The number of nitrogens with one attached hydrogen (secondary N) is 2. The highest BCUT2D eigenvalue weighted by atomic mass is 32.2. The standard InChI is InChI=1S/C24H22N2O4S/c1-29-17-10-7-15(8-11-17)18-13-16(9-12-20(18)30-2)25-23(27)14-22-24(28)26-19-5-3-4-6-21(19)31-22/h3-13,22H,14H2,1-2H3,(H,25,27)(H,26,28). The van der Waals surface area contributed by atoms with Crippen LogP contribution >= 0.6 is 11.8 Å². The smallest absolute Gasteiger partial charge is 0.238 e. The van der Waals surface area contributed by atoms with Crippen LogP contribution in [0.25, 0.3) is 11.1 Å². The molecule has 0 aromatic heterocycles. The van der Waals surface area contributed by atoms with E-state index < -0.39 is 5.25 Å². The van der Waals surface area contributed by atoms with Crippen molar-refractivity contribution in [2.45, 2.75) is 16.6 Å². The van der Waals surface area contributed by atoms with Crippen molar-refractivity contribution >= 4 is 35.0 Å². The third-order valence-corrected chi connectivity index (χ3v) is 6.24. The number of rotatable bonds is 6. The highest BCUT2D eigenvalue weighted by molar-refractivity contribution is 8.01. The van der Waals surface area contributed by atoms with Gasteiger partial charge < -0.3 is 20.1 Å². The van der Waals surface area contributed by atoms with Crippen molar-refractivity contribution in [2.24, 2.45) is 0 Å². The minimum Gasteiger partial charge on any atom is -0.497 e. The van der Waals surface area contributed by atoms with Gasteiger partial charge >= 0.3 is 0 Å². The molecule has 2 N–H and O–H groups in total. The lowest BCUT2D eigenvalue weighted by molar-refractivity contribution is -0.120. The van der Waals surface area contributed by atoms with E-state index in [0.717, 1.165) is 27.5 Å². The predicted octanol–water partition coefficient (Wildman–Crippen LogP) is 4.81. The molecular formula is C24H22N2O4S. The molecule has 4 rings (SSSR count). The van der Waals surface area contributed by atoms with E-state index in [0.29, 0.717) is 11.4 Å². The molecule has 3 aromatic rings. The predicted molar refractivity (Wildman–Crippen MR) is 123 cm³/mol. The van der Waals surface area contributed by atoms with Crippen LogP contribution < -0.4 is 20.1 Å². The monoisotopic (exact) mass is 434 g/mol. The van der Waals surface area contributed by atoms with Gasteiger partial charge in [-0.25, -0.2) is 0 Å². The molecule has 0 spiro atoms. The number of hydrogen-bond donors (Lipinski definition) is 2. The molecule has 158 valence electrons. The zero-order valence-corrected chi connectivity index (χ0v) is 18.0. The number of amides is 2. The number of benzene rings is 3. The summed E-state index contributed by atoms with van der Waals surface area (Å²) in [6.45, 7) is 0. The Labute approximate surface area is 185 Å². The lowest BCUT2D eigenvalue weighted by Crippen LogP contribution is -2.32. The van der Waals surface area contributed by atoms with Crippen molar-refractivity contribution in [1.29, 1.82) is 0 Å². The molecule has 7 heteroatoms. The van der Waals surface area contributed by atoms with Crippen LogP contribution in [0.1, 0.15) is 6.42 Å². The minimum atomic E-state index is -0.478. The van der Waals surface area contributed by atoms with E-state index in [1.54, 1.807) is 20.3 Å². The van der Waals surface area contributed by atoms with Crippen LogP contribution in [0.2, 0.25) is 0 Å². The first-order chi connectivity index (χ1) is 15.1. The number of anilines is 2. The summed E-state index contributed by atoms with van der Waals surface area (Å²) in [6.07, 6.45) is 0.0781. The molecule has 0 fully saturated rings. The van der Waals surface area contributed by atoms with Crippen molar-refractivity contribution in [2.75, 3.05) is 24.9 Å². The van der Waals surface area contributed by atoms with Gasteiger partial charge in [0.2, 0.25) is 11.8 Å². The molecule has 6 nitrogen and oxygen atoms in total. The lowest BCUT2D eigenvalue weighted by Gasteiger charge is -2.23. The van der Waals surface area contributed by atoms with Crippen LogP contribution in [-0.2, 0) is 9.59 Å². The average molecular weight is 435 g/mol. The van der Waals surface area contributed by atoms with Gasteiger partial charge in [-0.15, -0.1) is 11.8 Å². The van der Waals surface area contributed by atoms with Gasteiger partial charge in [-0.2, -0.15) is 0 Å². The second kappa shape index (κ2) is 9.14. The molecule has 0 saturated carbocycles. The molecule has 1 heterocycles. The van der Waals surface area contributed by atoms with E-state index in [1.165, 1.54) is 11.8 Å². The van der Waals surface area contributed by atoms with Gasteiger partial charge in [-0.3, -0.25) is 9.59 Å². The van der Waals surface area contributed by atoms with Crippen LogP contribution in [0.5, 0.6) is 11.5 Å². The van der Waals surface area contributed by atoms with Crippen molar-refractivity contribution in [3.63, 3.8) is 0 Å². The second-order valence-electron chi connectivity index (χ2n) is 6.99. The number of methoxy groups -OCH3 is 2. The van der Waals surface area contributed by atoms with Crippen LogP contribution in [0.15, 0.2) is 71.6 Å². The molecule has 1 aliphatic heterocycles. The van der Waals surface area contributed by atoms with E-state index in [1.807, 2.05) is 60.7 Å². The second-order valence-corrected chi connectivity index (χ2v) is 8.23. The Kier molecular flexibility index (Phi) is 6.13. The number of hydrogen-bond acceptors (Lipinski definition) is 5. The van der Waals surface area contributed by atoms with Crippen molar-refractivity contribution < 1.29 is 19.1 Å². The quantitative estimate of drug-likeness (QED) is 0.582. The Morgan fingerprint density at radius 3 is 2.55 bits per heavy atom. The summed E-state index contributed by atoms with van der Waals surface area (Å²) in [4.78, 5) is 26.0. The first-order valence-electron chi connectivity index (χ1n) is 9.76. The Hall–Kier alpha value is -3.45. The maximum Gasteiger partial charge on any atom is 0.238 e. The van der Waals surface area contributed by atoms with Crippen molar-refractivity contribution in [1.82, 2.24) is 0 Å². The van der Waals surface area contributed by atoms with Crippen LogP contribution in [0, 0.1) is 0 Å². The summed E-state index contributed by atoms with van der Waals surface area (Å²) in [5, 5.41) is 5.30. The van der Waals surface area contributed by atoms with E-state index in [-0.39, 0.29) is 18.2 Å². The summed E-state index contributed by atoms with van der Waals surface area (Å²) in [5.74, 6) is 1.07. The fraction of sp³-hybridized carbons (Fsp3) is 0.167. The molecule has 0 aliphatic carbocycles. The van der Waals surface area contributed by atoms with Crippen LogP contribution in [-0.4, -0.2) is 31.3 Å². The zero-order valence-electron chi connectivity index (χ0n) is 17.2. The maximum absolute atomic E-state index is 12.7. The van der Waals surface area contributed by atoms with Gasteiger partial charge in [0, 0.05) is 22.6 Å². The SMILES string of the molecule is COc1ccc(-c2cc(NC(=O)CC3Sc4ccccc4NC3=O)ccc2OC)cc1. The highest BCUT2D eigenvalue weighted by Crippen LogP contribution is 2.37. The summed E-state index contributed by atoms with van der Waals surface area (Å²) >= 11 is 1.41. The van der Waals surface area contributed by atoms with Gasteiger partial charge in [0.25, 0.3) is 0 Å². The van der Waals surface area contributed by atoms with Crippen molar-refractivity contribution in [3.8, 4) is 22.6 Å². The third-order valence-electron chi connectivity index (χ3n) is 4.96. The van der Waals surface area contributed by atoms with Gasteiger partial charge in [-0.05, 0) is 48.0 Å². The Morgan fingerprint density at radius 2 is 1.81 bits per heavy atom. The Balaban J connectivity index is 1.49. The van der Waals surface area contributed by atoms with Gasteiger partial charge in [0.05, 0.1) is 25.2 Å². The lowest BCUT2D eigenvalue weighted by atomic mass is 10.0. The number of carbonyl (C=O) groups excluding carboxylic acids is 2. The average Bonchev–Trinajstić information content (AvgIpc) is 2.79. The highest BCUT2D eigenvalue weighted by Gasteiger charge is 2.28. The minimum absolute atomic E-state index is 0.0781. The van der Waals surface area contributed by atoms with E-state index in [9.17, 15) is 9.59 Å². The molecule has 31 heavy (non-hydrogen) atoms. The van der Waals surface area contributed by atoms with Gasteiger partial charge in [0.1, 0.15) is 11.5 Å². The number of para-hydroxylation sites is 1. The number of thioether (sulfide) groups is 1. The van der Waals surface area contributed by atoms with E-state index in [2.05, 4.69) is 10.6 Å². The summed E-state index contributed by atoms with van der Waals surface area (Å²) in [6, 6.07) is 20.7. The molecule has 0 radical (unpaired) electrons. The molecular weight excluding hydrogens is 412 g/mol. The molecule has 3 aromatic carbocycles. The van der Waals surface area contributed by atoms with E-state index in [4.69, 9.17) is 9.47 Å². The number of ether oxygens (including phenoxy) is 2. The summed E-state index contributed by atoms with van der Waals surface area (Å²) in [7, 11) is 3.23. The molecule has 1 aliphatic rings. The van der Waals surface area contributed by atoms with Crippen LogP contribution in [0.3, 0.4) is 0 Å². The summed E-state index contributed by atoms with van der Waals surface area (Å²) in [5.41, 5.74) is 3.21. The molecule has 0 bridgehead atoms. The maximum atomic E-state index is 12.7. The molecule has 1 atom stereocenters. The summed E-state index contributed by atoms with van der Waals surface area (Å²) < 4.78 is 10.7. The van der Waals surface area contributed by atoms with E-state index >= 15 is 0 Å². The normalized spacial score (nSPS) is 14.9. The Bertz CT molecular complexity index is 1110. The Morgan fingerprint density at radius 1 is 1.03 bits per heavy atom. The van der Waals surface area contributed by atoms with Gasteiger partial charge in [0.15, 0.2) is 0 Å².